The van der Waals surface area contributed by atoms with E-state index in [1.54, 1.807) is 6.08 Å². The van der Waals surface area contributed by atoms with Crippen molar-refractivity contribution in [3.63, 3.8) is 0 Å². The van der Waals surface area contributed by atoms with Crippen LogP contribution < -0.4 is 0 Å². The maximum atomic E-state index is 8.32. The fourth-order valence-corrected chi connectivity index (χ4v) is 0.434. The first kappa shape index (κ1) is 8.24. The quantitative estimate of drug-likeness (QED) is 0.341. The molecule has 2 N–H and O–H groups in total. The monoisotopic (exact) mass is 128 g/mol. The van der Waals surface area contributed by atoms with Gasteiger partial charge in [-0.3, -0.25) is 0 Å². The van der Waals surface area contributed by atoms with Crippen LogP contribution >= 0.6 is 0 Å². The van der Waals surface area contributed by atoms with Crippen molar-refractivity contribution < 1.29 is 10.2 Å². The van der Waals surface area contributed by atoms with Gasteiger partial charge >= 0.3 is 0 Å². The lowest BCUT2D eigenvalue weighted by Gasteiger charge is -1.84. The fourth-order valence-electron chi connectivity index (χ4n) is 0.434. The summed E-state index contributed by atoms with van der Waals surface area (Å²) < 4.78 is 0. The molecule has 0 bridgehead atoms. The van der Waals surface area contributed by atoms with E-state index in [0.717, 1.165) is 19.1 Å². The van der Waals surface area contributed by atoms with Crippen LogP contribution in [0.2, 0.25) is 0 Å². The first-order valence-corrected chi connectivity index (χ1v) is 2.98. The van der Waals surface area contributed by atoms with E-state index in [9.17, 15) is 0 Å². The Balaban J connectivity index is 3.04. The lowest BCUT2D eigenvalue weighted by molar-refractivity contribution is 0.289. The first-order chi connectivity index (χ1) is 4.41. The molecule has 0 saturated carbocycles. The molecule has 52 valence electrons. The number of aliphatic hydroxyl groups excluding tert-OH is 2. The van der Waals surface area contributed by atoms with Crippen molar-refractivity contribution in [2.24, 2.45) is 0 Å². The van der Waals surface area contributed by atoms with Crippen molar-refractivity contribution in [1.29, 1.82) is 0 Å². The van der Waals surface area contributed by atoms with Crippen LogP contribution in [0.1, 0.15) is 12.8 Å². The zero-order valence-electron chi connectivity index (χ0n) is 5.33. The molecule has 2 nitrogen and oxygen atoms in total. The summed E-state index contributed by atoms with van der Waals surface area (Å²) >= 11 is 0. The smallest absolute Gasteiger partial charge is 0.0791 e. The Morgan fingerprint density at radius 3 is 2.56 bits per heavy atom. The number of rotatable bonds is 4. The summed E-state index contributed by atoms with van der Waals surface area (Å²) in [5.74, 6) is 0. The number of aliphatic hydroxyl groups is 2. The molecule has 0 rings (SSSR count). The molecule has 0 aromatic rings. The van der Waals surface area contributed by atoms with E-state index in [1.807, 2.05) is 6.08 Å². The van der Waals surface area contributed by atoms with E-state index in [4.69, 9.17) is 10.2 Å². The molecule has 0 aromatic carbocycles. The van der Waals surface area contributed by atoms with Gasteiger partial charge in [0.15, 0.2) is 0 Å². The molecule has 0 aliphatic carbocycles. The molecule has 0 saturated heterocycles. The van der Waals surface area contributed by atoms with Crippen molar-refractivity contribution in [2.75, 3.05) is 6.61 Å². The highest BCUT2D eigenvalue weighted by Gasteiger charge is 1.75. The third-order valence-electron chi connectivity index (χ3n) is 0.862. The van der Waals surface area contributed by atoms with Crippen molar-refractivity contribution in [3.05, 3.63) is 24.5 Å². The van der Waals surface area contributed by atoms with Gasteiger partial charge < -0.3 is 10.2 Å². The molecule has 0 atom stereocenters. The summed E-state index contributed by atoms with van der Waals surface area (Å²) in [5, 5.41) is 16.5. The van der Waals surface area contributed by atoms with Crippen LogP contribution in [0, 0.1) is 0 Å². The molecule has 0 heterocycles. The Kier molecular flexibility index (Phi) is 6.63. The highest BCUT2D eigenvalue weighted by atomic mass is 16.3. The van der Waals surface area contributed by atoms with Gasteiger partial charge in [-0.25, -0.2) is 0 Å². The highest BCUT2D eigenvalue weighted by Crippen LogP contribution is 1.88. The van der Waals surface area contributed by atoms with E-state index >= 15 is 0 Å². The van der Waals surface area contributed by atoms with Crippen LogP contribution in [0.4, 0.5) is 0 Å². The van der Waals surface area contributed by atoms with Gasteiger partial charge in [-0.05, 0) is 18.9 Å². The van der Waals surface area contributed by atoms with E-state index in [-0.39, 0.29) is 6.61 Å². The zero-order chi connectivity index (χ0) is 6.95. The van der Waals surface area contributed by atoms with Crippen LogP contribution in [0.5, 0.6) is 0 Å². The normalized spacial score (nSPS) is 11.7. The van der Waals surface area contributed by atoms with Crippen LogP contribution in [0.15, 0.2) is 24.5 Å². The molecule has 0 fully saturated rings. The average Bonchev–Trinajstić information content (AvgIpc) is 1.89. The Bertz CT molecular complexity index is 95.1. The van der Waals surface area contributed by atoms with E-state index in [0.29, 0.717) is 0 Å². The van der Waals surface area contributed by atoms with Crippen LogP contribution in [-0.4, -0.2) is 16.8 Å². The molecular formula is C7H12O2. The fraction of sp³-hybridized carbons (Fsp3) is 0.429. The maximum absolute atomic E-state index is 8.32. The van der Waals surface area contributed by atoms with Gasteiger partial charge in [0.1, 0.15) is 0 Å². The maximum Gasteiger partial charge on any atom is 0.0791 e. The second kappa shape index (κ2) is 7.24. The van der Waals surface area contributed by atoms with Crippen molar-refractivity contribution in [1.82, 2.24) is 0 Å². The van der Waals surface area contributed by atoms with Crippen LogP contribution in [0.3, 0.4) is 0 Å². The lowest BCUT2D eigenvalue weighted by Crippen LogP contribution is -1.77. The number of hydrogen-bond donors (Lipinski definition) is 2. The summed E-state index contributed by atoms with van der Waals surface area (Å²) in [6.07, 6.45) is 7.81. The molecule has 2 heteroatoms. The third kappa shape index (κ3) is 7.24. The average molecular weight is 128 g/mol. The van der Waals surface area contributed by atoms with Crippen molar-refractivity contribution in [3.8, 4) is 0 Å². The van der Waals surface area contributed by atoms with E-state index in [1.165, 1.54) is 6.08 Å². The van der Waals surface area contributed by atoms with E-state index in [2.05, 4.69) is 0 Å². The molecule has 9 heavy (non-hydrogen) atoms. The predicted octanol–water partition coefficient (Wildman–Crippen LogP) is 1.39. The van der Waals surface area contributed by atoms with Crippen LogP contribution in [-0.2, 0) is 0 Å². The molecule has 0 unspecified atom stereocenters. The van der Waals surface area contributed by atoms with E-state index < -0.39 is 0 Å². The van der Waals surface area contributed by atoms with Crippen LogP contribution in [0.25, 0.3) is 0 Å². The van der Waals surface area contributed by atoms with Crippen molar-refractivity contribution in [2.45, 2.75) is 12.8 Å². The van der Waals surface area contributed by atoms with Gasteiger partial charge in [0, 0.05) is 6.61 Å². The largest absolute Gasteiger partial charge is 0.516 e. The van der Waals surface area contributed by atoms with Gasteiger partial charge in [-0.2, -0.15) is 0 Å². The minimum Gasteiger partial charge on any atom is -0.516 e. The second-order valence-corrected chi connectivity index (χ2v) is 1.64. The summed E-state index contributed by atoms with van der Waals surface area (Å²) in [5.41, 5.74) is 0. The molecule has 0 aliphatic heterocycles. The minimum atomic E-state index is 0.229. The predicted molar refractivity (Wildman–Crippen MR) is 37.2 cm³/mol. The first-order valence-electron chi connectivity index (χ1n) is 2.98. The van der Waals surface area contributed by atoms with Gasteiger partial charge in [-0.15, -0.1) is 0 Å². The van der Waals surface area contributed by atoms with Gasteiger partial charge in [0.2, 0.25) is 0 Å². The molecular weight excluding hydrogens is 116 g/mol. The zero-order valence-corrected chi connectivity index (χ0v) is 5.33. The number of unbranched alkanes of at least 4 members (excludes halogenated alkanes) is 1. The minimum absolute atomic E-state index is 0.229. The highest BCUT2D eigenvalue weighted by molar-refractivity contribution is 4.98. The Hall–Kier alpha value is -0.760. The standard InChI is InChI=1S/C7H12O2/c8-6-4-2-1-3-5-7-9/h1-2,4,6,8-9H,3,5,7H2. The third-order valence-corrected chi connectivity index (χ3v) is 0.862. The SMILES string of the molecule is OC=CC=CCCCO. The molecule has 0 radical (unpaired) electrons. The second-order valence-electron chi connectivity index (χ2n) is 1.64. The summed E-state index contributed by atoms with van der Waals surface area (Å²) in [7, 11) is 0. The Morgan fingerprint density at radius 2 is 2.00 bits per heavy atom. The topological polar surface area (TPSA) is 40.5 Å². The van der Waals surface area contributed by atoms with Gasteiger partial charge in [0.05, 0.1) is 6.26 Å². The Morgan fingerprint density at radius 1 is 1.22 bits per heavy atom. The number of allylic oxidation sites excluding steroid dienone is 3. The molecule has 0 aromatic heterocycles. The van der Waals surface area contributed by atoms with Crippen molar-refractivity contribution >= 4 is 0 Å². The number of hydrogen-bond acceptors (Lipinski definition) is 2. The summed E-state index contributed by atoms with van der Waals surface area (Å²) in [4.78, 5) is 0. The van der Waals surface area contributed by atoms with Gasteiger partial charge in [-0.1, -0.05) is 12.2 Å². The lowest BCUT2D eigenvalue weighted by atomic mass is 10.3. The summed E-state index contributed by atoms with van der Waals surface area (Å²) in [6, 6.07) is 0. The molecule has 0 aliphatic rings. The molecule has 0 spiro atoms. The Labute approximate surface area is 55.1 Å². The van der Waals surface area contributed by atoms with Gasteiger partial charge in [0.25, 0.3) is 0 Å². The molecule has 0 amide bonds. The summed E-state index contributed by atoms with van der Waals surface area (Å²) in [6.45, 7) is 0.229.